The monoisotopic (exact) mass is 184 g/mol. The second kappa shape index (κ2) is 4.44. The average Bonchev–Trinajstić information content (AvgIpc) is 2.48. The third kappa shape index (κ3) is 2.73. The van der Waals surface area contributed by atoms with E-state index in [-0.39, 0.29) is 18.1 Å². The molecule has 0 bridgehead atoms. The van der Waals surface area contributed by atoms with E-state index in [4.69, 9.17) is 5.73 Å². The fourth-order valence-electron chi connectivity index (χ4n) is 0.815. The summed E-state index contributed by atoms with van der Waals surface area (Å²) >= 11 is 0. The van der Waals surface area contributed by atoms with Gasteiger partial charge in [-0.25, -0.2) is 4.63 Å². The molecule has 0 atom stereocenters. The summed E-state index contributed by atoms with van der Waals surface area (Å²) in [7, 11) is 0. The molecule has 0 aliphatic carbocycles. The van der Waals surface area contributed by atoms with Crippen molar-refractivity contribution in [2.45, 2.75) is 19.8 Å². The van der Waals surface area contributed by atoms with Gasteiger partial charge in [-0.2, -0.15) is 0 Å². The zero-order valence-electron chi connectivity index (χ0n) is 7.41. The number of hydrogen-bond acceptors (Lipinski definition) is 5. The molecular weight excluding hydrogens is 172 g/mol. The van der Waals surface area contributed by atoms with Crippen molar-refractivity contribution in [3.05, 3.63) is 5.69 Å². The lowest BCUT2D eigenvalue weighted by atomic mass is 10.3. The van der Waals surface area contributed by atoms with Crippen LogP contribution in [0, 0.1) is 0 Å². The van der Waals surface area contributed by atoms with Gasteiger partial charge in [0.15, 0.2) is 5.82 Å². The van der Waals surface area contributed by atoms with Crippen LogP contribution in [0.2, 0.25) is 0 Å². The summed E-state index contributed by atoms with van der Waals surface area (Å²) in [5.41, 5.74) is 5.75. The van der Waals surface area contributed by atoms with Crippen molar-refractivity contribution >= 4 is 11.7 Å². The Morgan fingerprint density at radius 2 is 2.38 bits per heavy atom. The van der Waals surface area contributed by atoms with Gasteiger partial charge in [-0.3, -0.25) is 4.79 Å². The number of nitrogen functional groups attached to an aromatic ring is 1. The van der Waals surface area contributed by atoms with Crippen LogP contribution in [0.1, 0.15) is 19.0 Å². The predicted molar refractivity (Wildman–Crippen MR) is 45.7 cm³/mol. The number of carbonyl (C=O) groups is 1. The van der Waals surface area contributed by atoms with Crippen molar-refractivity contribution in [1.29, 1.82) is 0 Å². The van der Waals surface area contributed by atoms with Gasteiger partial charge in [-0.1, -0.05) is 12.1 Å². The molecule has 3 N–H and O–H groups in total. The Hall–Kier alpha value is -1.59. The molecule has 6 heteroatoms. The number of rotatable bonds is 4. The number of nitrogens with two attached hydrogens (primary N) is 1. The van der Waals surface area contributed by atoms with Crippen molar-refractivity contribution < 1.29 is 9.42 Å². The lowest BCUT2D eigenvalue weighted by molar-refractivity contribution is -0.120. The molecule has 1 heterocycles. The third-order valence-electron chi connectivity index (χ3n) is 1.49. The highest BCUT2D eigenvalue weighted by atomic mass is 16.6. The minimum absolute atomic E-state index is 0.120. The molecular formula is C7H12N4O2. The number of aromatic nitrogens is 2. The number of anilines is 1. The van der Waals surface area contributed by atoms with E-state index in [1.807, 2.05) is 6.92 Å². The fraction of sp³-hybridized carbons (Fsp3) is 0.571. The number of hydrogen-bond donors (Lipinski definition) is 2. The molecule has 1 rings (SSSR count). The van der Waals surface area contributed by atoms with Gasteiger partial charge in [-0.05, 0) is 11.6 Å². The summed E-state index contributed by atoms with van der Waals surface area (Å²) < 4.78 is 4.35. The molecule has 0 radical (unpaired) electrons. The minimum atomic E-state index is -0.121. The number of carbonyl (C=O) groups excluding carboxylic acids is 1. The van der Waals surface area contributed by atoms with E-state index in [1.165, 1.54) is 0 Å². The summed E-state index contributed by atoms with van der Waals surface area (Å²) in [5.74, 6) is 0.0518. The van der Waals surface area contributed by atoms with E-state index in [1.54, 1.807) is 0 Å². The standard InChI is InChI=1S/C7H12N4O2/c1-2-3-9-6(12)4-5-7(8)11-13-10-5/h2-4H2,1H3,(H2,8,11)(H,9,12). The Labute approximate surface area is 75.4 Å². The first-order chi connectivity index (χ1) is 6.24. The van der Waals surface area contributed by atoms with Crippen molar-refractivity contribution in [3.8, 4) is 0 Å². The van der Waals surface area contributed by atoms with Gasteiger partial charge in [0.1, 0.15) is 5.69 Å². The summed E-state index contributed by atoms with van der Waals surface area (Å²) in [6, 6.07) is 0. The topological polar surface area (TPSA) is 94.0 Å². The summed E-state index contributed by atoms with van der Waals surface area (Å²) in [5, 5.41) is 9.55. The third-order valence-corrected chi connectivity index (χ3v) is 1.49. The first-order valence-corrected chi connectivity index (χ1v) is 4.07. The van der Waals surface area contributed by atoms with Crippen LogP contribution in [0.3, 0.4) is 0 Å². The van der Waals surface area contributed by atoms with Crippen LogP contribution < -0.4 is 11.1 Å². The van der Waals surface area contributed by atoms with Crippen molar-refractivity contribution in [2.24, 2.45) is 0 Å². The van der Waals surface area contributed by atoms with Gasteiger partial charge in [0.25, 0.3) is 0 Å². The van der Waals surface area contributed by atoms with Crippen molar-refractivity contribution in [3.63, 3.8) is 0 Å². The Morgan fingerprint density at radius 1 is 1.62 bits per heavy atom. The molecule has 13 heavy (non-hydrogen) atoms. The van der Waals surface area contributed by atoms with E-state index in [2.05, 4.69) is 20.3 Å². The summed E-state index contributed by atoms with van der Waals surface area (Å²) in [6.07, 6.45) is 1.02. The quantitative estimate of drug-likeness (QED) is 0.671. The second-order valence-electron chi connectivity index (χ2n) is 2.62. The normalized spacial score (nSPS) is 9.92. The SMILES string of the molecule is CCCNC(=O)Cc1nonc1N. The van der Waals surface area contributed by atoms with Crippen LogP contribution >= 0.6 is 0 Å². The maximum absolute atomic E-state index is 11.1. The maximum atomic E-state index is 11.1. The molecule has 1 amide bonds. The Bertz CT molecular complexity index is 284. The Kier molecular flexibility index (Phi) is 3.24. The van der Waals surface area contributed by atoms with Crippen LogP contribution in [0.4, 0.5) is 5.82 Å². The highest BCUT2D eigenvalue weighted by Crippen LogP contribution is 2.03. The van der Waals surface area contributed by atoms with Crippen LogP contribution in [0.5, 0.6) is 0 Å². The van der Waals surface area contributed by atoms with E-state index < -0.39 is 0 Å². The molecule has 0 spiro atoms. The molecule has 0 fully saturated rings. The van der Waals surface area contributed by atoms with Gasteiger partial charge < -0.3 is 11.1 Å². The lowest BCUT2D eigenvalue weighted by Crippen LogP contribution is -2.26. The van der Waals surface area contributed by atoms with Gasteiger partial charge in [0.05, 0.1) is 6.42 Å². The second-order valence-corrected chi connectivity index (χ2v) is 2.62. The van der Waals surface area contributed by atoms with Crippen LogP contribution in [0.15, 0.2) is 4.63 Å². The number of nitrogens with zero attached hydrogens (tertiary/aromatic N) is 2. The van der Waals surface area contributed by atoms with Gasteiger partial charge >= 0.3 is 0 Å². The van der Waals surface area contributed by atoms with Crippen LogP contribution in [-0.4, -0.2) is 22.8 Å². The molecule has 0 aromatic carbocycles. The number of amides is 1. The van der Waals surface area contributed by atoms with Gasteiger partial charge in [-0.15, -0.1) is 0 Å². The fourth-order valence-corrected chi connectivity index (χ4v) is 0.815. The molecule has 6 nitrogen and oxygen atoms in total. The Balaban J connectivity index is 2.41. The van der Waals surface area contributed by atoms with Crippen LogP contribution in [0.25, 0.3) is 0 Å². The number of nitrogens with one attached hydrogen (secondary N) is 1. The highest BCUT2D eigenvalue weighted by Gasteiger charge is 2.10. The van der Waals surface area contributed by atoms with Gasteiger partial charge in [0, 0.05) is 6.54 Å². The lowest BCUT2D eigenvalue weighted by Gasteiger charge is -1.99. The molecule has 1 aromatic heterocycles. The first kappa shape index (κ1) is 9.50. The zero-order valence-corrected chi connectivity index (χ0v) is 7.41. The maximum Gasteiger partial charge on any atom is 0.226 e. The van der Waals surface area contributed by atoms with E-state index >= 15 is 0 Å². The molecule has 0 unspecified atom stereocenters. The molecule has 1 aromatic rings. The molecule has 0 aliphatic rings. The van der Waals surface area contributed by atoms with E-state index in [0.29, 0.717) is 12.2 Å². The molecule has 0 saturated heterocycles. The minimum Gasteiger partial charge on any atom is -0.379 e. The molecule has 0 saturated carbocycles. The van der Waals surface area contributed by atoms with Crippen molar-refractivity contribution in [2.75, 3.05) is 12.3 Å². The van der Waals surface area contributed by atoms with Crippen molar-refractivity contribution in [1.82, 2.24) is 15.6 Å². The largest absolute Gasteiger partial charge is 0.379 e. The smallest absolute Gasteiger partial charge is 0.226 e. The zero-order chi connectivity index (χ0) is 9.68. The van der Waals surface area contributed by atoms with Gasteiger partial charge in [0.2, 0.25) is 5.91 Å². The van der Waals surface area contributed by atoms with E-state index in [0.717, 1.165) is 6.42 Å². The molecule has 72 valence electrons. The predicted octanol–water partition coefficient (Wildman–Crippen LogP) is -0.280. The first-order valence-electron chi connectivity index (χ1n) is 4.07. The van der Waals surface area contributed by atoms with E-state index in [9.17, 15) is 4.79 Å². The molecule has 0 aliphatic heterocycles. The summed E-state index contributed by atoms with van der Waals surface area (Å²) in [6.45, 7) is 2.64. The highest BCUT2D eigenvalue weighted by molar-refractivity contribution is 5.78. The van der Waals surface area contributed by atoms with Crippen LogP contribution in [-0.2, 0) is 11.2 Å². The summed E-state index contributed by atoms with van der Waals surface area (Å²) in [4.78, 5) is 11.1. The Morgan fingerprint density at radius 3 is 2.92 bits per heavy atom. The average molecular weight is 184 g/mol.